The molecule has 0 bridgehead atoms. The van der Waals surface area contributed by atoms with Crippen molar-refractivity contribution in [2.45, 2.75) is 38.8 Å². The molecule has 3 nitrogen and oxygen atoms in total. The maximum atomic E-state index is 11.5. The highest BCUT2D eigenvalue weighted by Crippen LogP contribution is 2.38. The number of carbonyl (C=O) groups is 1. The molecule has 2 fully saturated rings. The van der Waals surface area contributed by atoms with Gasteiger partial charge in [0.15, 0.2) is 0 Å². The van der Waals surface area contributed by atoms with Crippen molar-refractivity contribution in [2.75, 3.05) is 6.54 Å². The molecule has 1 aliphatic carbocycles. The zero-order chi connectivity index (χ0) is 8.93. The Balaban J connectivity index is 2.16. The van der Waals surface area contributed by atoms with Crippen molar-refractivity contribution < 1.29 is 9.90 Å². The molecule has 0 aromatic carbocycles. The summed E-state index contributed by atoms with van der Waals surface area (Å²) in [7, 11) is 0. The molecular weight excluding hydrogens is 154 g/mol. The van der Waals surface area contributed by atoms with Gasteiger partial charge in [0.2, 0.25) is 0 Å². The lowest BCUT2D eigenvalue weighted by Gasteiger charge is -2.19. The first kappa shape index (κ1) is 8.05. The molecule has 1 saturated heterocycles. The van der Waals surface area contributed by atoms with Gasteiger partial charge < -0.3 is 10.0 Å². The Labute approximate surface area is 72.4 Å². The molecule has 12 heavy (non-hydrogen) atoms. The number of aliphatic hydroxyl groups excluding tert-OH is 1. The van der Waals surface area contributed by atoms with Crippen LogP contribution < -0.4 is 0 Å². The van der Waals surface area contributed by atoms with Gasteiger partial charge in [0.1, 0.15) is 6.10 Å². The zero-order valence-electron chi connectivity index (χ0n) is 7.58. The molecule has 1 heterocycles. The van der Waals surface area contributed by atoms with E-state index in [1.807, 2.05) is 18.7 Å². The maximum absolute atomic E-state index is 11.5. The van der Waals surface area contributed by atoms with Crippen molar-refractivity contribution in [1.29, 1.82) is 0 Å². The van der Waals surface area contributed by atoms with E-state index in [0.717, 1.165) is 19.4 Å². The fourth-order valence-corrected chi connectivity index (χ4v) is 1.79. The fraction of sp³-hybridized carbons (Fsp3) is 0.889. The topological polar surface area (TPSA) is 40.5 Å². The largest absolute Gasteiger partial charge is 0.383 e. The van der Waals surface area contributed by atoms with Crippen LogP contribution in [0.3, 0.4) is 0 Å². The average molecular weight is 169 g/mol. The van der Waals surface area contributed by atoms with Crippen molar-refractivity contribution >= 4 is 5.91 Å². The first-order chi connectivity index (χ1) is 5.52. The van der Waals surface area contributed by atoms with Crippen LogP contribution in [0.4, 0.5) is 0 Å². The molecule has 3 heteroatoms. The maximum Gasteiger partial charge on any atom is 0.252 e. The molecule has 1 N–H and O–H groups in total. The van der Waals surface area contributed by atoms with E-state index in [4.69, 9.17) is 0 Å². The highest BCUT2D eigenvalue weighted by Gasteiger charge is 2.49. The molecule has 0 aromatic heterocycles. The summed E-state index contributed by atoms with van der Waals surface area (Å²) in [5.41, 5.74) is -0.250. The minimum absolute atomic E-state index is 0.0671. The van der Waals surface area contributed by atoms with Gasteiger partial charge in [-0.1, -0.05) is 13.8 Å². The van der Waals surface area contributed by atoms with E-state index < -0.39 is 6.10 Å². The van der Waals surface area contributed by atoms with Gasteiger partial charge in [-0.2, -0.15) is 0 Å². The smallest absolute Gasteiger partial charge is 0.252 e. The molecule has 2 rings (SSSR count). The van der Waals surface area contributed by atoms with Crippen molar-refractivity contribution in [2.24, 2.45) is 5.41 Å². The van der Waals surface area contributed by atoms with Crippen LogP contribution in [0.5, 0.6) is 0 Å². The van der Waals surface area contributed by atoms with Crippen LogP contribution in [-0.4, -0.2) is 34.6 Å². The molecule has 1 atom stereocenters. The second-order valence-electron chi connectivity index (χ2n) is 4.59. The lowest BCUT2D eigenvalue weighted by atomic mass is 9.90. The molecule has 1 aliphatic heterocycles. The Morgan fingerprint density at radius 1 is 1.50 bits per heavy atom. The third kappa shape index (κ3) is 1.04. The minimum atomic E-state index is -0.780. The summed E-state index contributed by atoms with van der Waals surface area (Å²) in [5, 5.41) is 9.58. The standard InChI is InChI=1S/C9H15NO2/c1-9(2)5-10(6-3-4-6)8(12)7(9)11/h6-7,11H,3-5H2,1-2H3. The van der Waals surface area contributed by atoms with Crippen molar-refractivity contribution in [3.63, 3.8) is 0 Å². The number of hydrogen-bond donors (Lipinski definition) is 1. The van der Waals surface area contributed by atoms with Crippen molar-refractivity contribution in [3.05, 3.63) is 0 Å². The van der Waals surface area contributed by atoms with Crippen LogP contribution in [0, 0.1) is 5.41 Å². The summed E-state index contributed by atoms with van der Waals surface area (Å²) in [5.74, 6) is -0.0671. The van der Waals surface area contributed by atoms with Crippen LogP contribution in [0.25, 0.3) is 0 Å². The second kappa shape index (κ2) is 2.22. The van der Waals surface area contributed by atoms with E-state index >= 15 is 0 Å². The predicted molar refractivity (Wildman–Crippen MR) is 44.5 cm³/mol. The monoisotopic (exact) mass is 169 g/mol. The molecule has 1 saturated carbocycles. The van der Waals surface area contributed by atoms with Gasteiger partial charge in [-0.05, 0) is 12.8 Å². The number of likely N-dealkylation sites (tertiary alicyclic amines) is 1. The third-order valence-electron chi connectivity index (χ3n) is 2.82. The Kier molecular flexibility index (Phi) is 1.49. The highest BCUT2D eigenvalue weighted by molar-refractivity contribution is 5.84. The van der Waals surface area contributed by atoms with E-state index in [-0.39, 0.29) is 11.3 Å². The fourth-order valence-electron chi connectivity index (χ4n) is 1.79. The van der Waals surface area contributed by atoms with Gasteiger partial charge in [0.25, 0.3) is 5.91 Å². The Bertz CT molecular complexity index is 221. The molecule has 2 aliphatic rings. The van der Waals surface area contributed by atoms with E-state index in [0.29, 0.717) is 6.04 Å². The summed E-state index contributed by atoms with van der Waals surface area (Å²) in [6, 6.07) is 0.439. The molecule has 0 spiro atoms. The Morgan fingerprint density at radius 2 is 2.08 bits per heavy atom. The van der Waals surface area contributed by atoms with E-state index in [9.17, 15) is 9.90 Å². The normalized spacial score (nSPS) is 34.4. The van der Waals surface area contributed by atoms with Crippen molar-refractivity contribution in [1.82, 2.24) is 4.90 Å². The van der Waals surface area contributed by atoms with E-state index in [2.05, 4.69) is 0 Å². The number of aliphatic hydroxyl groups is 1. The number of nitrogens with zero attached hydrogens (tertiary/aromatic N) is 1. The summed E-state index contributed by atoms with van der Waals surface area (Å²) >= 11 is 0. The SMILES string of the molecule is CC1(C)CN(C2CC2)C(=O)C1O. The first-order valence-corrected chi connectivity index (χ1v) is 4.51. The van der Waals surface area contributed by atoms with Gasteiger partial charge in [-0.15, -0.1) is 0 Å². The minimum Gasteiger partial charge on any atom is -0.383 e. The zero-order valence-corrected chi connectivity index (χ0v) is 7.58. The van der Waals surface area contributed by atoms with Gasteiger partial charge in [0.05, 0.1) is 0 Å². The van der Waals surface area contributed by atoms with Gasteiger partial charge in [-0.3, -0.25) is 4.79 Å². The number of amides is 1. The quantitative estimate of drug-likeness (QED) is 0.616. The molecular formula is C9H15NO2. The summed E-state index contributed by atoms with van der Waals surface area (Å²) in [6.07, 6.45) is 1.46. The first-order valence-electron chi connectivity index (χ1n) is 4.51. The predicted octanol–water partition coefficient (Wildman–Crippen LogP) is 0.378. The summed E-state index contributed by atoms with van der Waals surface area (Å²) in [6.45, 7) is 4.60. The summed E-state index contributed by atoms with van der Waals surface area (Å²) in [4.78, 5) is 13.3. The molecule has 1 amide bonds. The number of carbonyl (C=O) groups excluding carboxylic acids is 1. The molecule has 1 unspecified atom stereocenters. The highest BCUT2D eigenvalue weighted by atomic mass is 16.3. The summed E-state index contributed by atoms with van der Waals surface area (Å²) < 4.78 is 0. The third-order valence-corrected chi connectivity index (χ3v) is 2.82. The van der Waals surface area contributed by atoms with Crippen LogP contribution >= 0.6 is 0 Å². The lowest BCUT2D eigenvalue weighted by molar-refractivity contribution is -0.136. The van der Waals surface area contributed by atoms with Gasteiger partial charge >= 0.3 is 0 Å². The van der Waals surface area contributed by atoms with Crippen LogP contribution in [0.15, 0.2) is 0 Å². The van der Waals surface area contributed by atoms with Crippen molar-refractivity contribution in [3.8, 4) is 0 Å². The van der Waals surface area contributed by atoms with Crippen LogP contribution in [0.2, 0.25) is 0 Å². The average Bonchev–Trinajstić information content (AvgIpc) is 2.76. The van der Waals surface area contributed by atoms with E-state index in [1.165, 1.54) is 0 Å². The molecule has 0 aromatic rings. The van der Waals surface area contributed by atoms with Gasteiger partial charge in [0, 0.05) is 18.0 Å². The Morgan fingerprint density at radius 3 is 2.42 bits per heavy atom. The molecule has 0 radical (unpaired) electrons. The van der Waals surface area contributed by atoms with Crippen LogP contribution in [-0.2, 0) is 4.79 Å². The second-order valence-corrected chi connectivity index (χ2v) is 4.59. The Hall–Kier alpha value is -0.570. The van der Waals surface area contributed by atoms with Gasteiger partial charge in [-0.25, -0.2) is 0 Å². The number of hydrogen-bond acceptors (Lipinski definition) is 2. The lowest BCUT2D eigenvalue weighted by Crippen LogP contribution is -2.31. The number of rotatable bonds is 1. The van der Waals surface area contributed by atoms with E-state index in [1.54, 1.807) is 0 Å². The van der Waals surface area contributed by atoms with Crippen LogP contribution in [0.1, 0.15) is 26.7 Å². The molecule has 68 valence electrons.